The highest BCUT2D eigenvalue weighted by Crippen LogP contribution is 2.24. The van der Waals surface area contributed by atoms with E-state index < -0.39 is 0 Å². The lowest BCUT2D eigenvalue weighted by molar-refractivity contribution is 0.380. The standard InChI is InChI=1S/C11H8ClN3O/c12-9-5-2-1-4-8(9)11-14-10(16-15-11)6-3-7-13/h1-2,4-5H,3,6H2. The van der Waals surface area contributed by atoms with Crippen LogP contribution in [0.25, 0.3) is 11.4 Å². The summed E-state index contributed by atoms with van der Waals surface area (Å²) in [4.78, 5) is 4.17. The predicted octanol–water partition coefficient (Wildman–Crippen LogP) is 2.85. The number of aryl methyl sites for hydroxylation is 1. The molecule has 0 atom stereocenters. The molecule has 0 spiro atoms. The summed E-state index contributed by atoms with van der Waals surface area (Å²) < 4.78 is 5.01. The molecule has 0 unspecified atom stereocenters. The lowest BCUT2D eigenvalue weighted by Crippen LogP contribution is -1.85. The second-order valence-corrected chi connectivity index (χ2v) is 3.56. The molecule has 5 heteroatoms. The zero-order valence-electron chi connectivity index (χ0n) is 8.35. The van der Waals surface area contributed by atoms with E-state index in [2.05, 4.69) is 10.1 Å². The van der Waals surface area contributed by atoms with Gasteiger partial charge in [-0.05, 0) is 12.1 Å². The van der Waals surface area contributed by atoms with Crippen LogP contribution >= 0.6 is 11.6 Å². The molecule has 0 aliphatic rings. The van der Waals surface area contributed by atoms with Gasteiger partial charge in [0.15, 0.2) is 0 Å². The van der Waals surface area contributed by atoms with Crippen LogP contribution in [0.1, 0.15) is 12.3 Å². The number of aromatic nitrogens is 2. The molecular weight excluding hydrogens is 226 g/mol. The first-order valence-electron chi connectivity index (χ1n) is 4.75. The molecule has 1 aromatic heterocycles. The van der Waals surface area contributed by atoms with Crippen LogP contribution in [0, 0.1) is 11.3 Å². The minimum absolute atomic E-state index is 0.365. The van der Waals surface area contributed by atoms with E-state index in [0.29, 0.717) is 29.6 Å². The Labute approximate surface area is 97.5 Å². The van der Waals surface area contributed by atoms with E-state index in [1.165, 1.54) is 0 Å². The molecule has 0 bridgehead atoms. The van der Waals surface area contributed by atoms with E-state index >= 15 is 0 Å². The van der Waals surface area contributed by atoms with Gasteiger partial charge in [0.2, 0.25) is 11.7 Å². The van der Waals surface area contributed by atoms with E-state index in [1.807, 2.05) is 24.3 Å². The van der Waals surface area contributed by atoms with Gasteiger partial charge >= 0.3 is 0 Å². The fourth-order valence-electron chi connectivity index (χ4n) is 1.27. The SMILES string of the molecule is N#CCCc1nc(-c2ccccc2Cl)no1. The largest absolute Gasteiger partial charge is 0.339 e. The molecule has 0 saturated heterocycles. The van der Waals surface area contributed by atoms with E-state index in [0.717, 1.165) is 5.56 Å². The molecule has 2 rings (SSSR count). The summed E-state index contributed by atoms with van der Waals surface area (Å²) in [7, 11) is 0. The average Bonchev–Trinajstić information content (AvgIpc) is 2.75. The van der Waals surface area contributed by atoms with Gasteiger partial charge in [-0.2, -0.15) is 10.2 Å². The van der Waals surface area contributed by atoms with Crippen molar-refractivity contribution in [1.82, 2.24) is 10.1 Å². The van der Waals surface area contributed by atoms with Crippen LogP contribution in [0.4, 0.5) is 0 Å². The Morgan fingerprint density at radius 2 is 2.19 bits per heavy atom. The minimum Gasteiger partial charge on any atom is -0.339 e. The van der Waals surface area contributed by atoms with E-state index in [1.54, 1.807) is 6.07 Å². The Bertz CT molecular complexity index is 530. The first kappa shape index (κ1) is 10.7. The maximum atomic E-state index is 8.43. The number of halogens is 1. The fraction of sp³-hybridized carbons (Fsp3) is 0.182. The molecule has 0 amide bonds. The number of nitrogens with zero attached hydrogens (tertiary/aromatic N) is 3. The quantitative estimate of drug-likeness (QED) is 0.818. The van der Waals surface area contributed by atoms with Crippen LogP contribution in [0.2, 0.25) is 5.02 Å². The van der Waals surface area contributed by atoms with Gasteiger partial charge in [-0.1, -0.05) is 28.9 Å². The monoisotopic (exact) mass is 233 g/mol. The van der Waals surface area contributed by atoms with Crippen LogP contribution < -0.4 is 0 Å². The summed E-state index contributed by atoms with van der Waals surface area (Å²) in [5.74, 6) is 0.912. The van der Waals surface area contributed by atoms with E-state index in [9.17, 15) is 0 Å². The molecule has 4 nitrogen and oxygen atoms in total. The van der Waals surface area contributed by atoms with Gasteiger partial charge in [0, 0.05) is 18.4 Å². The van der Waals surface area contributed by atoms with Gasteiger partial charge in [-0.15, -0.1) is 0 Å². The van der Waals surface area contributed by atoms with Crippen LogP contribution in [0.3, 0.4) is 0 Å². The Balaban J connectivity index is 2.26. The Morgan fingerprint density at radius 3 is 2.94 bits per heavy atom. The lowest BCUT2D eigenvalue weighted by atomic mass is 10.2. The molecular formula is C11H8ClN3O. The minimum atomic E-state index is 0.365. The van der Waals surface area contributed by atoms with Crippen molar-refractivity contribution < 1.29 is 4.52 Å². The highest BCUT2D eigenvalue weighted by atomic mass is 35.5. The van der Waals surface area contributed by atoms with Crippen molar-refractivity contribution >= 4 is 11.6 Å². The molecule has 0 saturated carbocycles. The predicted molar refractivity (Wildman–Crippen MR) is 58.7 cm³/mol. The lowest BCUT2D eigenvalue weighted by Gasteiger charge is -1.95. The van der Waals surface area contributed by atoms with Crippen molar-refractivity contribution in [2.75, 3.05) is 0 Å². The first-order chi connectivity index (χ1) is 7.81. The number of hydrogen-bond donors (Lipinski definition) is 0. The van der Waals surface area contributed by atoms with Crippen LogP contribution in [0.5, 0.6) is 0 Å². The van der Waals surface area contributed by atoms with E-state index in [4.69, 9.17) is 21.4 Å². The number of rotatable bonds is 3. The zero-order chi connectivity index (χ0) is 11.4. The highest BCUT2D eigenvalue weighted by molar-refractivity contribution is 6.33. The Kier molecular flexibility index (Phi) is 3.18. The molecule has 0 radical (unpaired) electrons. The summed E-state index contributed by atoms with van der Waals surface area (Å²) in [5, 5.41) is 12.8. The smallest absolute Gasteiger partial charge is 0.227 e. The van der Waals surface area contributed by atoms with Gasteiger partial charge in [0.1, 0.15) is 0 Å². The maximum Gasteiger partial charge on any atom is 0.227 e. The van der Waals surface area contributed by atoms with Crippen molar-refractivity contribution in [2.45, 2.75) is 12.8 Å². The molecule has 2 aromatic rings. The van der Waals surface area contributed by atoms with Crippen molar-refractivity contribution in [2.24, 2.45) is 0 Å². The summed E-state index contributed by atoms with van der Waals surface area (Å²) in [6.07, 6.45) is 0.831. The number of nitriles is 1. The summed E-state index contributed by atoms with van der Waals surface area (Å²) in [5.41, 5.74) is 0.733. The van der Waals surface area contributed by atoms with E-state index in [-0.39, 0.29) is 0 Å². The number of benzene rings is 1. The van der Waals surface area contributed by atoms with Crippen molar-refractivity contribution in [3.8, 4) is 17.5 Å². The average molecular weight is 234 g/mol. The fourth-order valence-corrected chi connectivity index (χ4v) is 1.49. The molecule has 0 fully saturated rings. The third kappa shape index (κ3) is 2.20. The third-order valence-electron chi connectivity index (χ3n) is 2.03. The normalized spacial score (nSPS) is 10.0. The molecule has 1 heterocycles. The molecule has 0 N–H and O–H groups in total. The van der Waals surface area contributed by atoms with Gasteiger partial charge in [0.25, 0.3) is 0 Å². The molecule has 16 heavy (non-hydrogen) atoms. The first-order valence-corrected chi connectivity index (χ1v) is 5.13. The summed E-state index contributed by atoms with van der Waals surface area (Å²) >= 11 is 6.00. The van der Waals surface area contributed by atoms with Crippen molar-refractivity contribution in [1.29, 1.82) is 5.26 Å². The Morgan fingerprint density at radius 1 is 1.38 bits per heavy atom. The van der Waals surface area contributed by atoms with Crippen molar-refractivity contribution in [3.63, 3.8) is 0 Å². The van der Waals surface area contributed by atoms with Crippen LogP contribution in [-0.4, -0.2) is 10.1 Å². The topological polar surface area (TPSA) is 62.7 Å². The summed E-state index contributed by atoms with van der Waals surface area (Å²) in [6, 6.07) is 9.30. The van der Waals surface area contributed by atoms with Crippen LogP contribution in [0.15, 0.2) is 28.8 Å². The highest BCUT2D eigenvalue weighted by Gasteiger charge is 2.10. The Hall–Kier alpha value is -1.86. The summed E-state index contributed by atoms with van der Waals surface area (Å²) in [6.45, 7) is 0. The van der Waals surface area contributed by atoms with Gasteiger partial charge in [-0.3, -0.25) is 0 Å². The van der Waals surface area contributed by atoms with Gasteiger partial charge < -0.3 is 4.52 Å². The second-order valence-electron chi connectivity index (χ2n) is 3.15. The molecule has 80 valence electrons. The van der Waals surface area contributed by atoms with Gasteiger partial charge in [-0.25, -0.2) is 0 Å². The van der Waals surface area contributed by atoms with Crippen molar-refractivity contribution in [3.05, 3.63) is 35.2 Å². The number of hydrogen-bond acceptors (Lipinski definition) is 4. The van der Waals surface area contributed by atoms with Gasteiger partial charge in [0.05, 0.1) is 11.1 Å². The zero-order valence-corrected chi connectivity index (χ0v) is 9.11. The molecule has 0 aliphatic heterocycles. The second kappa shape index (κ2) is 4.77. The molecule has 0 aliphatic carbocycles. The van der Waals surface area contributed by atoms with Crippen LogP contribution in [-0.2, 0) is 6.42 Å². The molecule has 1 aromatic carbocycles. The maximum absolute atomic E-state index is 8.43. The third-order valence-corrected chi connectivity index (χ3v) is 2.36.